The zero-order chi connectivity index (χ0) is 12.1. The fourth-order valence-electron chi connectivity index (χ4n) is 1.88. The third kappa shape index (κ3) is 5.44. The van der Waals surface area contributed by atoms with Gasteiger partial charge in [0.2, 0.25) is 0 Å². The van der Waals surface area contributed by atoms with Gasteiger partial charge in [-0.25, -0.2) is 8.78 Å². The Kier molecular flexibility index (Phi) is 7.27. The molecule has 0 aromatic heterocycles. The second-order valence-corrected chi connectivity index (χ2v) is 4.19. The molecule has 0 aliphatic carbocycles. The van der Waals surface area contributed by atoms with Crippen molar-refractivity contribution in [3.63, 3.8) is 0 Å². The van der Waals surface area contributed by atoms with Crippen LogP contribution in [0.5, 0.6) is 0 Å². The molecule has 0 aliphatic rings. The lowest BCUT2D eigenvalue weighted by Gasteiger charge is -2.18. The fraction of sp³-hybridized carbons (Fsp3) is 0.500. The molecule has 98 valence electrons. The topological polar surface area (TPSA) is 52.0 Å². The second-order valence-electron chi connectivity index (χ2n) is 4.19. The smallest absolute Gasteiger partial charge is 0.126 e. The predicted octanol–water partition coefficient (Wildman–Crippen LogP) is 2.56. The summed E-state index contributed by atoms with van der Waals surface area (Å²) < 4.78 is 26.1. The van der Waals surface area contributed by atoms with E-state index in [2.05, 4.69) is 0 Å². The van der Waals surface area contributed by atoms with Crippen molar-refractivity contribution < 1.29 is 8.78 Å². The van der Waals surface area contributed by atoms with Crippen LogP contribution in [0.4, 0.5) is 8.78 Å². The fourth-order valence-corrected chi connectivity index (χ4v) is 1.88. The van der Waals surface area contributed by atoms with E-state index >= 15 is 0 Å². The van der Waals surface area contributed by atoms with Gasteiger partial charge in [0.05, 0.1) is 0 Å². The van der Waals surface area contributed by atoms with Gasteiger partial charge in [-0.3, -0.25) is 0 Å². The van der Waals surface area contributed by atoms with Crippen molar-refractivity contribution in [1.29, 1.82) is 0 Å². The normalized spacial score (nSPS) is 13.9. The van der Waals surface area contributed by atoms with Crippen LogP contribution in [-0.2, 0) is 0 Å². The average Bonchev–Trinajstić information content (AvgIpc) is 2.14. The van der Waals surface area contributed by atoms with E-state index in [4.69, 9.17) is 11.5 Å². The molecule has 17 heavy (non-hydrogen) atoms. The SMILES string of the molecule is CC(N)CC(CCN)c1cc(F)cc(F)c1.Cl. The van der Waals surface area contributed by atoms with E-state index in [-0.39, 0.29) is 24.4 Å². The van der Waals surface area contributed by atoms with Crippen molar-refractivity contribution in [2.24, 2.45) is 11.5 Å². The molecule has 0 aliphatic heterocycles. The molecule has 0 saturated carbocycles. The highest BCUT2D eigenvalue weighted by Crippen LogP contribution is 2.25. The maximum Gasteiger partial charge on any atom is 0.126 e. The third-order valence-corrected chi connectivity index (χ3v) is 2.53. The molecule has 0 bridgehead atoms. The molecule has 0 spiro atoms. The summed E-state index contributed by atoms with van der Waals surface area (Å²) in [7, 11) is 0. The first-order valence-corrected chi connectivity index (χ1v) is 5.44. The van der Waals surface area contributed by atoms with Crippen LogP contribution in [0.2, 0.25) is 0 Å². The summed E-state index contributed by atoms with van der Waals surface area (Å²) in [5.74, 6) is -1.08. The van der Waals surface area contributed by atoms with Crippen LogP contribution in [0, 0.1) is 11.6 Å². The van der Waals surface area contributed by atoms with Crippen molar-refractivity contribution in [2.45, 2.75) is 31.7 Å². The summed E-state index contributed by atoms with van der Waals surface area (Å²) >= 11 is 0. The Labute approximate surface area is 107 Å². The Morgan fingerprint density at radius 3 is 2.12 bits per heavy atom. The van der Waals surface area contributed by atoms with Crippen LogP contribution >= 0.6 is 12.4 Å². The van der Waals surface area contributed by atoms with Crippen molar-refractivity contribution in [2.75, 3.05) is 6.54 Å². The number of hydrogen-bond donors (Lipinski definition) is 2. The molecule has 2 unspecified atom stereocenters. The summed E-state index contributed by atoms with van der Waals surface area (Å²) in [6, 6.07) is 3.56. The molecule has 1 rings (SSSR count). The van der Waals surface area contributed by atoms with Crippen LogP contribution < -0.4 is 11.5 Å². The monoisotopic (exact) mass is 264 g/mol. The minimum Gasteiger partial charge on any atom is -0.330 e. The Balaban J connectivity index is 0.00000256. The van der Waals surface area contributed by atoms with Gasteiger partial charge in [0, 0.05) is 12.1 Å². The highest BCUT2D eigenvalue weighted by molar-refractivity contribution is 5.85. The Morgan fingerprint density at radius 2 is 1.71 bits per heavy atom. The maximum atomic E-state index is 13.1. The van der Waals surface area contributed by atoms with Crippen molar-refractivity contribution in [3.8, 4) is 0 Å². The first kappa shape index (κ1) is 16.3. The number of halogens is 3. The summed E-state index contributed by atoms with van der Waals surface area (Å²) in [5, 5.41) is 0. The Morgan fingerprint density at radius 1 is 1.18 bits per heavy atom. The van der Waals surface area contributed by atoms with E-state index < -0.39 is 11.6 Å². The number of benzene rings is 1. The lowest BCUT2D eigenvalue weighted by atomic mass is 9.90. The molecule has 1 aromatic carbocycles. The van der Waals surface area contributed by atoms with Crippen molar-refractivity contribution in [3.05, 3.63) is 35.4 Å². The number of rotatable bonds is 5. The molecule has 2 atom stereocenters. The Hall–Kier alpha value is -0.710. The van der Waals surface area contributed by atoms with Crippen LogP contribution in [0.3, 0.4) is 0 Å². The molecule has 0 radical (unpaired) electrons. The quantitative estimate of drug-likeness (QED) is 0.859. The van der Waals surface area contributed by atoms with E-state index in [1.54, 1.807) is 0 Å². The van der Waals surface area contributed by atoms with E-state index in [0.29, 0.717) is 24.9 Å². The van der Waals surface area contributed by atoms with Crippen LogP contribution in [0.25, 0.3) is 0 Å². The molecule has 2 nitrogen and oxygen atoms in total. The van der Waals surface area contributed by atoms with E-state index in [1.807, 2.05) is 6.92 Å². The molecule has 4 N–H and O–H groups in total. The highest BCUT2D eigenvalue weighted by atomic mass is 35.5. The average molecular weight is 265 g/mol. The molecule has 0 amide bonds. The van der Waals surface area contributed by atoms with E-state index in [9.17, 15) is 8.78 Å². The van der Waals surface area contributed by atoms with Gasteiger partial charge in [-0.15, -0.1) is 12.4 Å². The minimum absolute atomic E-state index is 0. The zero-order valence-electron chi connectivity index (χ0n) is 9.83. The first-order valence-electron chi connectivity index (χ1n) is 5.44. The first-order chi connectivity index (χ1) is 7.52. The van der Waals surface area contributed by atoms with Crippen molar-refractivity contribution >= 4 is 12.4 Å². The van der Waals surface area contributed by atoms with Crippen LogP contribution in [-0.4, -0.2) is 12.6 Å². The molecule has 0 fully saturated rings. The van der Waals surface area contributed by atoms with Gasteiger partial charge in [0.15, 0.2) is 0 Å². The molecular formula is C12H19ClF2N2. The molecule has 0 heterocycles. The molecule has 1 aromatic rings. The molecular weight excluding hydrogens is 246 g/mol. The molecule has 5 heteroatoms. The van der Waals surface area contributed by atoms with Crippen LogP contribution in [0.15, 0.2) is 18.2 Å². The van der Waals surface area contributed by atoms with Gasteiger partial charge in [0.1, 0.15) is 11.6 Å². The van der Waals surface area contributed by atoms with Gasteiger partial charge in [-0.05, 0) is 49.9 Å². The third-order valence-electron chi connectivity index (χ3n) is 2.53. The maximum absolute atomic E-state index is 13.1. The summed E-state index contributed by atoms with van der Waals surface area (Å²) in [6.45, 7) is 2.36. The van der Waals surface area contributed by atoms with Gasteiger partial charge >= 0.3 is 0 Å². The van der Waals surface area contributed by atoms with Gasteiger partial charge in [-0.1, -0.05) is 0 Å². The van der Waals surface area contributed by atoms with E-state index in [1.165, 1.54) is 12.1 Å². The van der Waals surface area contributed by atoms with Gasteiger partial charge in [-0.2, -0.15) is 0 Å². The van der Waals surface area contributed by atoms with Gasteiger partial charge < -0.3 is 11.5 Å². The number of hydrogen-bond acceptors (Lipinski definition) is 2. The zero-order valence-corrected chi connectivity index (χ0v) is 10.6. The highest BCUT2D eigenvalue weighted by Gasteiger charge is 2.14. The predicted molar refractivity (Wildman–Crippen MR) is 68.3 cm³/mol. The molecule has 0 saturated heterocycles. The largest absolute Gasteiger partial charge is 0.330 e. The summed E-state index contributed by atoms with van der Waals surface area (Å²) in [5.41, 5.74) is 11.8. The van der Waals surface area contributed by atoms with Gasteiger partial charge in [0.25, 0.3) is 0 Å². The lowest BCUT2D eigenvalue weighted by Crippen LogP contribution is -2.20. The second kappa shape index (κ2) is 7.58. The van der Waals surface area contributed by atoms with Crippen molar-refractivity contribution in [1.82, 2.24) is 0 Å². The Bertz CT molecular complexity index is 325. The number of nitrogens with two attached hydrogens (primary N) is 2. The minimum atomic E-state index is -0.554. The van der Waals surface area contributed by atoms with E-state index in [0.717, 1.165) is 6.07 Å². The standard InChI is InChI=1S/C12H18F2N2.ClH/c1-8(16)4-9(2-3-15)10-5-11(13)7-12(14)6-10;/h5-9H,2-4,15-16H2,1H3;1H. The van der Waals surface area contributed by atoms with Crippen LogP contribution in [0.1, 0.15) is 31.2 Å². The summed E-state index contributed by atoms with van der Waals surface area (Å²) in [6.07, 6.45) is 1.37. The summed E-state index contributed by atoms with van der Waals surface area (Å²) in [4.78, 5) is 0. The lowest BCUT2D eigenvalue weighted by molar-refractivity contribution is 0.515.